The minimum atomic E-state index is -5.39. The number of unbranched alkanes of at least 4 members (excludes halogenated alkanes) is 11. The molecule has 0 aromatic rings. The molecule has 9 N–H and O–H groups in total. The zero-order chi connectivity index (χ0) is 49.9. The molecule has 5 unspecified atom stereocenters. The average Bonchev–Trinajstić information content (AvgIpc) is 3.28. The molecule has 20 heteroatoms. The molecule has 0 saturated heterocycles. The second-order valence-electron chi connectivity index (χ2n) is 16.8. The summed E-state index contributed by atoms with van der Waals surface area (Å²) in [7, 11) is -10.7. The number of carbonyl (C=O) groups is 2. The molecule has 0 heterocycles. The molecule has 1 fully saturated rings. The van der Waals surface area contributed by atoms with Crippen LogP contribution in [-0.4, -0.2) is 125 Å². The highest BCUT2D eigenvalue weighted by Gasteiger charge is 2.54. The summed E-state index contributed by atoms with van der Waals surface area (Å²) in [5, 5.41) is 61.8. The normalized spacial score (nSPS) is 22.9. The summed E-state index contributed by atoms with van der Waals surface area (Å²) in [6.07, 6.45) is 20.4. The van der Waals surface area contributed by atoms with Crippen molar-refractivity contribution < 1.29 is 87.1 Å². The van der Waals surface area contributed by atoms with E-state index in [1.54, 1.807) is 0 Å². The molecule has 1 saturated carbocycles. The lowest BCUT2D eigenvalue weighted by Crippen LogP contribution is -2.64. The first-order valence-corrected chi connectivity index (χ1v) is 27.0. The first-order chi connectivity index (χ1) is 31.9. The number of aliphatic hydroxyl groups is 6. The quantitative estimate of drug-likeness (QED) is 0.0130. The van der Waals surface area contributed by atoms with Crippen molar-refractivity contribution in [2.24, 2.45) is 0 Å². The standard InChI is InChI=1S/C47H82O18P2/c1-3-5-7-9-11-12-13-14-15-16-17-18-19-20-21-25-29-33-40(50)61-35-37(36-62-67(59,60)65-47-44(54)42(52)43(53)46(45(47)55)64-66(56,57)58)63-41(51)34-30-26-22-24-28-32-39(49)38(48)31-27-23-10-8-6-4-2/h5,7,11-12,14-15,17-18,23,27,37-39,42-49,52-55H,3-4,6,8-10,13,16,19-22,24-26,28-36H2,1-2H3,(H,59,60)(H2,56,57,58)/b7-5-,12-11-,15-14-,18-17-,27-23-/t37-,38+,39+,42?,43?,44?,45?,46-,47+/m1/s1. The van der Waals surface area contributed by atoms with Crippen molar-refractivity contribution >= 4 is 27.6 Å². The molecule has 0 bridgehead atoms. The number of hydrogen-bond donors (Lipinski definition) is 9. The van der Waals surface area contributed by atoms with E-state index in [9.17, 15) is 64.0 Å². The first kappa shape index (κ1) is 62.6. The molecular formula is C47H82O18P2. The molecule has 10 atom stereocenters. The number of phosphoric ester groups is 2. The van der Waals surface area contributed by atoms with Crippen LogP contribution in [0.1, 0.15) is 155 Å². The first-order valence-electron chi connectivity index (χ1n) is 24.0. The summed E-state index contributed by atoms with van der Waals surface area (Å²) < 4.78 is 49.3. The van der Waals surface area contributed by atoms with Gasteiger partial charge in [-0.1, -0.05) is 126 Å². The van der Waals surface area contributed by atoms with Crippen LogP contribution in [0.2, 0.25) is 0 Å². The van der Waals surface area contributed by atoms with Crippen molar-refractivity contribution in [1.29, 1.82) is 0 Å². The van der Waals surface area contributed by atoms with Crippen LogP contribution < -0.4 is 0 Å². The fraction of sp³-hybridized carbons (Fsp3) is 0.745. The van der Waals surface area contributed by atoms with Gasteiger partial charge < -0.3 is 54.8 Å². The average molecular weight is 997 g/mol. The predicted molar refractivity (Wildman–Crippen MR) is 253 cm³/mol. The van der Waals surface area contributed by atoms with Crippen LogP contribution in [-0.2, 0) is 41.8 Å². The van der Waals surface area contributed by atoms with Gasteiger partial charge in [-0.25, -0.2) is 9.13 Å². The number of hydrogen-bond acceptors (Lipinski definition) is 15. The van der Waals surface area contributed by atoms with E-state index in [0.717, 1.165) is 89.9 Å². The van der Waals surface area contributed by atoms with Crippen molar-refractivity contribution in [1.82, 2.24) is 0 Å². The molecule has 1 aliphatic rings. The highest BCUT2D eigenvalue weighted by Crippen LogP contribution is 2.49. The Morgan fingerprint density at radius 3 is 1.66 bits per heavy atom. The lowest BCUT2D eigenvalue weighted by molar-refractivity contribution is -0.216. The summed E-state index contributed by atoms with van der Waals surface area (Å²) in [5.41, 5.74) is 0. The second kappa shape index (κ2) is 37.4. The van der Waals surface area contributed by atoms with Gasteiger partial charge in [0.1, 0.15) is 43.2 Å². The number of esters is 2. The van der Waals surface area contributed by atoms with Crippen molar-refractivity contribution in [3.8, 4) is 0 Å². The van der Waals surface area contributed by atoms with Crippen molar-refractivity contribution in [2.75, 3.05) is 13.2 Å². The fourth-order valence-corrected chi connectivity index (χ4v) is 8.46. The molecule has 0 aromatic heterocycles. The van der Waals surface area contributed by atoms with Gasteiger partial charge in [-0.3, -0.25) is 23.2 Å². The Morgan fingerprint density at radius 2 is 1.06 bits per heavy atom. The Labute approximate surface area is 397 Å². The lowest BCUT2D eigenvalue weighted by atomic mass is 9.85. The maximum atomic E-state index is 13.0. The smallest absolute Gasteiger partial charge is 0.462 e. The Balaban J connectivity index is 2.66. The molecule has 18 nitrogen and oxygen atoms in total. The third-order valence-corrected chi connectivity index (χ3v) is 12.3. The van der Waals surface area contributed by atoms with Crippen LogP contribution in [0, 0.1) is 0 Å². The van der Waals surface area contributed by atoms with Crippen molar-refractivity contribution in [3.05, 3.63) is 60.8 Å². The lowest BCUT2D eigenvalue weighted by Gasteiger charge is -2.43. The van der Waals surface area contributed by atoms with Crippen LogP contribution in [0.15, 0.2) is 60.8 Å². The van der Waals surface area contributed by atoms with Crippen LogP contribution in [0.3, 0.4) is 0 Å². The third-order valence-electron chi connectivity index (χ3n) is 10.8. The molecule has 1 aliphatic carbocycles. The highest BCUT2D eigenvalue weighted by molar-refractivity contribution is 7.47. The molecule has 388 valence electrons. The molecule has 0 amide bonds. The Morgan fingerprint density at radius 1 is 0.552 bits per heavy atom. The van der Waals surface area contributed by atoms with Gasteiger partial charge >= 0.3 is 27.6 Å². The van der Waals surface area contributed by atoms with Crippen LogP contribution in [0.5, 0.6) is 0 Å². The Hall–Kier alpha value is -2.38. The van der Waals surface area contributed by atoms with Gasteiger partial charge in [-0.15, -0.1) is 0 Å². The maximum Gasteiger partial charge on any atom is 0.472 e. The predicted octanol–water partition coefficient (Wildman–Crippen LogP) is 7.00. The van der Waals surface area contributed by atoms with E-state index in [1.165, 1.54) is 0 Å². The van der Waals surface area contributed by atoms with Gasteiger partial charge in [-0.2, -0.15) is 0 Å². The van der Waals surface area contributed by atoms with Gasteiger partial charge in [0, 0.05) is 12.8 Å². The van der Waals surface area contributed by atoms with Gasteiger partial charge in [0.05, 0.1) is 18.8 Å². The van der Waals surface area contributed by atoms with E-state index in [-0.39, 0.29) is 12.8 Å². The van der Waals surface area contributed by atoms with E-state index in [4.69, 9.17) is 18.5 Å². The van der Waals surface area contributed by atoms with E-state index >= 15 is 0 Å². The summed E-state index contributed by atoms with van der Waals surface area (Å²) in [4.78, 5) is 54.3. The van der Waals surface area contributed by atoms with Crippen molar-refractivity contribution in [3.63, 3.8) is 0 Å². The topological polar surface area (TPSA) is 296 Å². The molecule has 0 aromatic carbocycles. The van der Waals surface area contributed by atoms with Crippen LogP contribution in [0.4, 0.5) is 0 Å². The van der Waals surface area contributed by atoms with Crippen LogP contribution >= 0.6 is 15.6 Å². The molecule has 1 rings (SSSR count). The summed E-state index contributed by atoms with van der Waals surface area (Å²) in [5.74, 6) is -1.35. The van der Waals surface area contributed by atoms with Crippen LogP contribution in [0.25, 0.3) is 0 Å². The zero-order valence-electron chi connectivity index (χ0n) is 39.5. The second-order valence-corrected chi connectivity index (χ2v) is 19.3. The molecule has 0 aliphatic heterocycles. The molecule has 67 heavy (non-hydrogen) atoms. The number of phosphoric acid groups is 2. The minimum Gasteiger partial charge on any atom is -0.462 e. The Kier molecular flexibility index (Phi) is 35.0. The monoisotopic (exact) mass is 996 g/mol. The van der Waals surface area contributed by atoms with E-state index in [2.05, 4.69) is 67.0 Å². The zero-order valence-corrected chi connectivity index (χ0v) is 41.3. The van der Waals surface area contributed by atoms with E-state index in [0.29, 0.717) is 38.5 Å². The molecule has 0 spiro atoms. The third kappa shape index (κ3) is 31.5. The summed E-state index contributed by atoms with van der Waals surface area (Å²) in [6.45, 7) is 2.78. The van der Waals surface area contributed by atoms with E-state index in [1.807, 2.05) is 12.2 Å². The summed E-state index contributed by atoms with van der Waals surface area (Å²) >= 11 is 0. The number of carbonyl (C=O) groups excluding carboxylic acids is 2. The van der Waals surface area contributed by atoms with Gasteiger partial charge in [-0.05, 0) is 77.0 Å². The van der Waals surface area contributed by atoms with E-state index < -0.39 is 95.7 Å². The van der Waals surface area contributed by atoms with Crippen molar-refractivity contribution in [2.45, 2.75) is 210 Å². The molecule has 0 radical (unpaired) electrons. The van der Waals surface area contributed by atoms with Gasteiger partial charge in [0.2, 0.25) is 0 Å². The Bertz CT molecular complexity index is 1560. The SMILES string of the molecule is CC/C=C\C/C=C\C/C=C\C/C=C\CCCCCCC(=O)OC[C@H](COP(=O)(O)O[C@H]1C(O)C(O)C(O)[C@@H](OP(=O)(O)O)C1O)OC(=O)CCCCCCC[C@H](O)[C@@H](O)C/C=C\CCCCC. The number of rotatable bonds is 39. The number of aliphatic hydroxyl groups excluding tert-OH is 6. The van der Waals surface area contributed by atoms with Gasteiger partial charge in [0.25, 0.3) is 0 Å². The largest absolute Gasteiger partial charge is 0.472 e. The number of allylic oxidation sites excluding steroid dienone is 9. The summed E-state index contributed by atoms with van der Waals surface area (Å²) in [6, 6.07) is 0. The maximum absolute atomic E-state index is 13.0. The number of ether oxygens (including phenoxy) is 2. The van der Waals surface area contributed by atoms with Gasteiger partial charge in [0.15, 0.2) is 6.10 Å². The minimum absolute atomic E-state index is 0.0583. The highest BCUT2D eigenvalue weighted by atomic mass is 31.2. The fourth-order valence-electron chi connectivity index (χ4n) is 6.92. The molecular weight excluding hydrogens is 914 g/mol.